The molecular formula is C15H20N2O2. The molecule has 0 saturated carbocycles. The highest BCUT2D eigenvalue weighted by Crippen LogP contribution is 2.23. The van der Waals surface area contributed by atoms with Gasteiger partial charge in [-0.2, -0.15) is 0 Å². The van der Waals surface area contributed by atoms with Gasteiger partial charge in [-0.1, -0.05) is 12.1 Å². The van der Waals surface area contributed by atoms with E-state index in [0.29, 0.717) is 19.5 Å². The lowest BCUT2D eigenvalue weighted by atomic mass is 10.0. The molecule has 1 aliphatic heterocycles. The van der Waals surface area contributed by atoms with Gasteiger partial charge in [0, 0.05) is 25.1 Å². The van der Waals surface area contributed by atoms with Gasteiger partial charge in [0.25, 0.3) is 5.91 Å². The quantitative estimate of drug-likeness (QED) is 0.898. The monoisotopic (exact) mass is 260 g/mol. The summed E-state index contributed by atoms with van der Waals surface area (Å²) >= 11 is 0. The van der Waals surface area contributed by atoms with Crippen molar-refractivity contribution >= 4 is 11.8 Å². The van der Waals surface area contributed by atoms with Gasteiger partial charge in [-0.05, 0) is 43.4 Å². The third-order valence-electron chi connectivity index (χ3n) is 3.90. The molecule has 2 amide bonds. The van der Waals surface area contributed by atoms with Crippen LogP contribution in [0.4, 0.5) is 0 Å². The molecule has 1 heterocycles. The van der Waals surface area contributed by atoms with Crippen LogP contribution in [0.25, 0.3) is 0 Å². The highest BCUT2D eigenvalue weighted by molar-refractivity contribution is 5.96. The molecule has 1 unspecified atom stereocenters. The minimum Gasteiger partial charge on any atom is -0.370 e. The van der Waals surface area contributed by atoms with Gasteiger partial charge in [0.05, 0.1) is 0 Å². The van der Waals surface area contributed by atoms with E-state index in [0.717, 1.165) is 23.1 Å². The van der Waals surface area contributed by atoms with Crippen LogP contribution in [0.1, 0.15) is 34.3 Å². The molecule has 2 rings (SSSR count). The molecule has 1 aromatic rings. The minimum absolute atomic E-state index is 0.0631. The molecule has 0 bridgehead atoms. The van der Waals surface area contributed by atoms with Gasteiger partial charge in [-0.25, -0.2) is 0 Å². The maximum Gasteiger partial charge on any atom is 0.254 e. The summed E-state index contributed by atoms with van der Waals surface area (Å²) in [6, 6.07) is 5.78. The maximum atomic E-state index is 12.5. The van der Waals surface area contributed by atoms with Crippen molar-refractivity contribution in [2.75, 3.05) is 13.1 Å². The second kappa shape index (κ2) is 5.43. The van der Waals surface area contributed by atoms with Crippen LogP contribution in [-0.4, -0.2) is 29.8 Å². The van der Waals surface area contributed by atoms with Crippen molar-refractivity contribution in [3.8, 4) is 0 Å². The maximum absolute atomic E-state index is 12.5. The topological polar surface area (TPSA) is 63.4 Å². The summed E-state index contributed by atoms with van der Waals surface area (Å²) in [5.74, 6) is -0.00855. The van der Waals surface area contributed by atoms with E-state index in [2.05, 4.69) is 0 Å². The number of amides is 2. The number of likely N-dealkylation sites (tertiary alicyclic amines) is 1. The van der Waals surface area contributed by atoms with Crippen LogP contribution in [0.5, 0.6) is 0 Å². The Balaban J connectivity index is 2.09. The normalized spacial score (nSPS) is 18.6. The van der Waals surface area contributed by atoms with E-state index in [4.69, 9.17) is 5.73 Å². The first-order valence-corrected chi connectivity index (χ1v) is 6.63. The summed E-state index contributed by atoms with van der Waals surface area (Å²) in [6.45, 7) is 5.32. The average molecular weight is 260 g/mol. The van der Waals surface area contributed by atoms with E-state index in [1.165, 1.54) is 0 Å². The number of benzene rings is 1. The van der Waals surface area contributed by atoms with E-state index >= 15 is 0 Å². The average Bonchev–Trinajstić information content (AvgIpc) is 2.79. The molecule has 1 fully saturated rings. The Kier molecular flexibility index (Phi) is 3.88. The fourth-order valence-electron chi connectivity index (χ4n) is 2.62. The van der Waals surface area contributed by atoms with E-state index in [1.807, 2.05) is 36.9 Å². The number of rotatable bonds is 3. The first-order valence-electron chi connectivity index (χ1n) is 6.63. The lowest BCUT2D eigenvalue weighted by Crippen LogP contribution is -2.30. The Morgan fingerprint density at radius 2 is 2.11 bits per heavy atom. The Bertz CT molecular complexity index is 511. The molecule has 4 nitrogen and oxygen atoms in total. The molecule has 0 radical (unpaired) electrons. The van der Waals surface area contributed by atoms with E-state index in [-0.39, 0.29) is 17.7 Å². The van der Waals surface area contributed by atoms with Gasteiger partial charge in [-0.3, -0.25) is 9.59 Å². The van der Waals surface area contributed by atoms with Crippen LogP contribution >= 0.6 is 0 Å². The van der Waals surface area contributed by atoms with Gasteiger partial charge in [0.1, 0.15) is 0 Å². The summed E-state index contributed by atoms with van der Waals surface area (Å²) in [6.07, 6.45) is 1.23. The fourth-order valence-corrected chi connectivity index (χ4v) is 2.62. The molecule has 1 atom stereocenters. The largest absolute Gasteiger partial charge is 0.370 e. The number of carbonyl (C=O) groups is 2. The minimum atomic E-state index is -0.286. The molecule has 0 aromatic heterocycles. The van der Waals surface area contributed by atoms with Gasteiger partial charge in [0.2, 0.25) is 5.91 Å². The standard InChI is InChI=1S/C15H20N2O2/c1-10-4-3-5-13(11(10)2)15(19)17-7-6-12(9-17)8-14(16)18/h3-5,12H,6-9H2,1-2H3,(H2,16,18). The highest BCUT2D eigenvalue weighted by atomic mass is 16.2. The third-order valence-corrected chi connectivity index (χ3v) is 3.90. The van der Waals surface area contributed by atoms with Crippen LogP contribution in [0.2, 0.25) is 0 Å². The Hall–Kier alpha value is -1.84. The van der Waals surface area contributed by atoms with Crippen molar-refractivity contribution in [3.05, 3.63) is 34.9 Å². The number of nitrogens with two attached hydrogens (primary N) is 1. The molecule has 1 aromatic carbocycles. The summed E-state index contributed by atoms with van der Waals surface area (Å²) in [5, 5.41) is 0. The Morgan fingerprint density at radius 3 is 2.79 bits per heavy atom. The molecule has 1 saturated heterocycles. The smallest absolute Gasteiger partial charge is 0.254 e. The number of hydrogen-bond acceptors (Lipinski definition) is 2. The molecule has 2 N–H and O–H groups in total. The van der Waals surface area contributed by atoms with Crippen molar-refractivity contribution in [2.24, 2.45) is 11.7 Å². The number of hydrogen-bond donors (Lipinski definition) is 1. The summed E-state index contributed by atoms with van der Waals surface area (Å²) < 4.78 is 0. The second-order valence-electron chi connectivity index (χ2n) is 5.32. The van der Waals surface area contributed by atoms with Crippen molar-refractivity contribution in [2.45, 2.75) is 26.7 Å². The summed E-state index contributed by atoms with van der Waals surface area (Å²) in [7, 11) is 0. The predicted octanol–water partition coefficient (Wildman–Crippen LogP) is 1.64. The number of carbonyl (C=O) groups excluding carboxylic acids is 2. The summed E-state index contributed by atoms with van der Waals surface area (Å²) in [4.78, 5) is 25.2. The molecular weight excluding hydrogens is 240 g/mol. The number of aryl methyl sites for hydroxylation is 1. The lowest BCUT2D eigenvalue weighted by Gasteiger charge is -2.18. The van der Waals surface area contributed by atoms with Crippen molar-refractivity contribution in [1.82, 2.24) is 4.90 Å². The van der Waals surface area contributed by atoms with Gasteiger partial charge in [0.15, 0.2) is 0 Å². The van der Waals surface area contributed by atoms with Gasteiger partial charge >= 0.3 is 0 Å². The lowest BCUT2D eigenvalue weighted by molar-refractivity contribution is -0.118. The Morgan fingerprint density at radius 1 is 1.37 bits per heavy atom. The van der Waals surface area contributed by atoms with Crippen molar-refractivity contribution in [3.63, 3.8) is 0 Å². The highest BCUT2D eigenvalue weighted by Gasteiger charge is 2.28. The van der Waals surface area contributed by atoms with E-state index < -0.39 is 0 Å². The van der Waals surface area contributed by atoms with Crippen molar-refractivity contribution < 1.29 is 9.59 Å². The van der Waals surface area contributed by atoms with E-state index in [9.17, 15) is 9.59 Å². The SMILES string of the molecule is Cc1cccc(C(=O)N2CCC(CC(N)=O)C2)c1C. The zero-order chi connectivity index (χ0) is 14.0. The predicted molar refractivity (Wildman–Crippen MR) is 73.7 cm³/mol. The fraction of sp³-hybridized carbons (Fsp3) is 0.467. The van der Waals surface area contributed by atoms with Crippen LogP contribution < -0.4 is 5.73 Å². The van der Waals surface area contributed by atoms with Gasteiger partial charge < -0.3 is 10.6 Å². The second-order valence-corrected chi connectivity index (χ2v) is 5.32. The molecule has 0 spiro atoms. The van der Waals surface area contributed by atoms with Crippen molar-refractivity contribution in [1.29, 1.82) is 0 Å². The van der Waals surface area contributed by atoms with Crippen LogP contribution in [-0.2, 0) is 4.79 Å². The molecule has 19 heavy (non-hydrogen) atoms. The first kappa shape index (κ1) is 13.6. The molecule has 4 heteroatoms. The Labute approximate surface area is 113 Å². The van der Waals surface area contributed by atoms with Crippen LogP contribution in [0, 0.1) is 19.8 Å². The van der Waals surface area contributed by atoms with Crippen LogP contribution in [0.15, 0.2) is 18.2 Å². The molecule has 1 aliphatic rings. The van der Waals surface area contributed by atoms with Crippen LogP contribution in [0.3, 0.4) is 0 Å². The zero-order valence-corrected chi connectivity index (χ0v) is 11.5. The summed E-state index contributed by atoms with van der Waals surface area (Å²) in [5.41, 5.74) is 8.13. The van der Waals surface area contributed by atoms with Gasteiger partial charge in [-0.15, -0.1) is 0 Å². The van der Waals surface area contributed by atoms with E-state index in [1.54, 1.807) is 0 Å². The molecule has 0 aliphatic carbocycles. The number of nitrogens with zero attached hydrogens (tertiary/aromatic N) is 1. The molecule has 102 valence electrons. The number of primary amides is 1. The third kappa shape index (κ3) is 2.95. The first-order chi connectivity index (χ1) is 8.99. The zero-order valence-electron chi connectivity index (χ0n) is 11.5.